The second-order valence-electron chi connectivity index (χ2n) is 6.32. The number of imidazole rings is 1. The molecule has 3 rings (SSSR count). The Morgan fingerprint density at radius 3 is 2.56 bits per heavy atom. The first-order chi connectivity index (χ1) is 13.2. The van der Waals surface area contributed by atoms with E-state index in [0.29, 0.717) is 19.4 Å². The first kappa shape index (κ1) is 18.6. The molecule has 5 heteroatoms. The molecule has 1 N–H and O–H groups in total. The van der Waals surface area contributed by atoms with E-state index in [4.69, 9.17) is 10.1 Å². The van der Waals surface area contributed by atoms with Crippen LogP contribution in [-0.2, 0) is 11.2 Å². The Bertz CT molecular complexity index is 887. The van der Waals surface area contributed by atoms with E-state index >= 15 is 0 Å². The van der Waals surface area contributed by atoms with Gasteiger partial charge in [-0.2, -0.15) is 0 Å². The largest absolute Gasteiger partial charge is 0.481 e. The number of unbranched alkanes of at least 4 members (excludes halogenated alkanes) is 1. The lowest BCUT2D eigenvalue weighted by molar-refractivity contribution is -0.137. The molecule has 0 atom stereocenters. The summed E-state index contributed by atoms with van der Waals surface area (Å²) in [5.41, 5.74) is 4.36. The molecule has 0 unspecified atom stereocenters. The lowest BCUT2D eigenvalue weighted by atomic mass is 10.0. The predicted octanol–water partition coefficient (Wildman–Crippen LogP) is 4.16. The first-order valence-electron chi connectivity index (χ1n) is 9.11. The number of nitrogens with zero attached hydrogens (tertiary/aromatic N) is 3. The van der Waals surface area contributed by atoms with Crippen molar-refractivity contribution < 1.29 is 9.90 Å². The maximum Gasteiger partial charge on any atom is 0.303 e. The van der Waals surface area contributed by atoms with E-state index in [1.807, 2.05) is 41.1 Å². The van der Waals surface area contributed by atoms with Crippen LogP contribution in [0.4, 0.5) is 0 Å². The summed E-state index contributed by atoms with van der Waals surface area (Å²) in [6.07, 6.45) is 7.81. The van der Waals surface area contributed by atoms with Crippen molar-refractivity contribution in [3.8, 4) is 5.69 Å². The highest BCUT2D eigenvalue weighted by atomic mass is 16.4. The molecule has 0 amide bonds. The minimum atomic E-state index is -0.753. The number of aromatic nitrogens is 2. The lowest BCUT2D eigenvalue weighted by Gasteiger charge is -2.12. The monoisotopic (exact) mass is 361 g/mol. The zero-order valence-electron chi connectivity index (χ0n) is 15.2. The van der Waals surface area contributed by atoms with Crippen LogP contribution in [0.1, 0.15) is 30.4 Å². The summed E-state index contributed by atoms with van der Waals surface area (Å²) >= 11 is 0. The minimum Gasteiger partial charge on any atom is -0.481 e. The Kier molecular flexibility index (Phi) is 6.52. The fourth-order valence-electron chi connectivity index (χ4n) is 2.98. The van der Waals surface area contributed by atoms with Crippen LogP contribution in [0.2, 0.25) is 0 Å². The fraction of sp³-hybridized carbons (Fsp3) is 0.227. The lowest BCUT2D eigenvalue weighted by Crippen LogP contribution is -2.09. The first-order valence-corrected chi connectivity index (χ1v) is 9.11. The number of hydrogen-bond acceptors (Lipinski definition) is 3. The summed E-state index contributed by atoms with van der Waals surface area (Å²) < 4.78 is 2.00. The zero-order valence-corrected chi connectivity index (χ0v) is 15.2. The van der Waals surface area contributed by atoms with Gasteiger partial charge in [-0.05, 0) is 30.0 Å². The highest BCUT2D eigenvalue weighted by molar-refractivity contribution is 6.02. The van der Waals surface area contributed by atoms with Gasteiger partial charge in [0.05, 0.1) is 12.0 Å². The summed E-state index contributed by atoms with van der Waals surface area (Å²) in [6, 6.07) is 18.4. The van der Waals surface area contributed by atoms with Gasteiger partial charge in [0.1, 0.15) is 0 Å². The molecule has 0 aliphatic rings. The average molecular weight is 361 g/mol. The molecule has 0 aliphatic carbocycles. The number of para-hydroxylation sites is 1. The van der Waals surface area contributed by atoms with E-state index in [1.54, 1.807) is 12.5 Å². The number of carboxylic acids is 1. The molecule has 0 radical (unpaired) electrons. The molecule has 3 aromatic rings. The Labute approximate surface area is 159 Å². The van der Waals surface area contributed by atoms with Crippen LogP contribution >= 0.6 is 0 Å². The molecule has 138 valence electrons. The molecule has 27 heavy (non-hydrogen) atoms. The van der Waals surface area contributed by atoms with E-state index in [2.05, 4.69) is 29.2 Å². The van der Waals surface area contributed by atoms with Crippen molar-refractivity contribution in [2.75, 3.05) is 6.54 Å². The average Bonchev–Trinajstić information content (AvgIpc) is 3.22. The third-order valence-corrected chi connectivity index (χ3v) is 4.34. The third-order valence-electron chi connectivity index (χ3n) is 4.34. The van der Waals surface area contributed by atoms with Crippen LogP contribution in [0.25, 0.3) is 5.69 Å². The van der Waals surface area contributed by atoms with Crippen molar-refractivity contribution in [1.82, 2.24) is 9.55 Å². The van der Waals surface area contributed by atoms with Crippen molar-refractivity contribution in [2.45, 2.75) is 25.7 Å². The zero-order chi connectivity index (χ0) is 18.9. The summed E-state index contributed by atoms with van der Waals surface area (Å²) in [4.78, 5) is 19.6. The van der Waals surface area contributed by atoms with Crippen LogP contribution in [0, 0.1) is 0 Å². The maximum atomic E-state index is 10.7. The molecule has 2 aromatic carbocycles. The summed E-state index contributed by atoms with van der Waals surface area (Å²) in [6.45, 7) is 0.630. The predicted molar refractivity (Wildman–Crippen MR) is 107 cm³/mol. The van der Waals surface area contributed by atoms with Gasteiger partial charge >= 0.3 is 5.97 Å². The van der Waals surface area contributed by atoms with Crippen LogP contribution in [-0.4, -0.2) is 32.9 Å². The summed E-state index contributed by atoms with van der Waals surface area (Å²) in [5.74, 6) is -0.753. The van der Waals surface area contributed by atoms with Gasteiger partial charge in [-0.25, -0.2) is 4.98 Å². The van der Waals surface area contributed by atoms with Crippen LogP contribution < -0.4 is 0 Å². The topological polar surface area (TPSA) is 67.5 Å². The molecule has 0 bridgehead atoms. The normalized spacial score (nSPS) is 11.5. The molecular formula is C22H23N3O2. The van der Waals surface area contributed by atoms with Gasteiger partial charge in [-0.15, -0.1) is 0 Å². The quantitative estimate of drug-likeness (QED) is 0.460. The molecule has 1 aromatic heterocycles. The van der Waals surface area contributed by atoms with E-state index in [-0.39, 0.29) is 6.42 Å². The van der Waals surface area contributed by atoms with Gasteiger partial charge in [0.15, 0.2) is 0 Å². The van der Waals surface area contributed by atoms with Crippen molar-refractivity contribution in [3.05, 3.63) is 84.4 Å². The number of benzene rings is 2. The number of rotatable bonds is 9. The van der Waals surface area contributed by atoms with Crippen LogP contribution in [0.5, 0.6) is 0 Å². The molecule has 1 heterocycles. The molecular weight excluding hydrogens is 338 g/mol. The second-order valence-corrected chi connectivity index (χ2v) is 6.32. The van der Waals surface area contributed by atoms with E-state index < -0.39 is 5.97 Å². The number of aliphatic imine (C=N–C) groups is 1. The third kappa shape index (κ3) is 5.38. The van der Waals surface area contributed by atoms with E-state index in [1.165, 1.54) is 5.56 Å². The fourth-order valence-corrected chi connectivity index (χ4v) is 2.98. The Hall–Kier alpha value is -3.21. The smallest absolute Gasteiger partial charge is 0.303 e. The highest BCUT2D eigenvalue weighted by Crippen LogP contribution is 2.17. The number of carbonyl (C=O) groups is 1. The van der Waals surface area contributed by atoms with Gasteiger partial charge in [0, 0.05) is 37.5 Å². The molecule has 0 spiro atoms. The van der Waals surface area contributed by atoms with E-state index in [9.17, 15) is 4.79 Å². The Morgan fingerprint density at radius 2 is 1.81 bits per heavy atom. The second kappa shape index (κ2) is 9.48. The minimum absolute atomic E-state index is 0.194. The summed E-state index contributed by atoms with van der Waals surface area (Å²) in [7, 11) is 0. The van der Waals surface area contributed by atoms with Gasteiger partial charge in [0.2, 0.25) is 0 Å². The molecule has 5 nitrogen and oxygen atoms in total. The van der Waals surface area contributed by atoms with Crippen molar-refractivity contribution in [2.24, 2.45) is 4.99 Å². The Morgan fingerprint density at radius 1 is 1.04 bits per heavy atom. The van der Waals surface area contributed by atoms with Crippen LogP contribution in [0.15, 0.2) is 78.3 Å². The van der Waals surface area contributed by atoms with Gasteiger partial charge in [0.25, 0.3) is 0 Å². The Balaban J connectivity index is 1.81. The van der Waals surface area contributed by atoms with Crippen molar-refractivity contribution in [3.63, 3.8) is 0 Å². The van der Waals surface area contributed by atoms with Gasteiger partial charge in [-0.1, -0.05) is 48.5 Å². The molecule has 0 fully saturated rings. The van der Waals surface area contributed by atoms with E-state index in [0.717, 1.165) is 23.4 Å². The number of carboxylic acid groups (broad SMARTS) is 1. The highest BCUT2D eigenvalue weighted by Gasteiger charge is 2.09. The number of hydrogen-bond donors (Lipinski definition) is 1. The van der Waals surface area contributed by atoms with Crippen molar-refractivity contribution in [1.29, 1.82) is 0 Å². The maximum absolute atomic E-state index is 10.7. The molecule has 0 saturated heterocycles. The SMILES string of the molecule is O=C(O)CCCCN=C(Cc1ccccc1-n1ccnc1)c1ccccc1. The van der Waals surface area contributed by atoms with Crippen LogP contribution in [0.3, 0.4) is 0 Å². The standard InChI is InChI=1S/C22H23N3O2/c26-22(27)12-6-7-13-24-20(18-8-2-1-3-9-18)16-19-10-4-5-11-21(19)25-15-14-23-17-25/h1-5,8-11,14-15,17H,6-7,12-13,16H2,(H,26,27). The molecule has 0 aliphatic heterocycles. The number of aliphatic carboxylic acids is 1. The van der Waals surface area contributed by atoms with Gasteiger partial charge < -0.3 is 9.67 Å². The van der Waals surface area contributed by atoms with Crippen molar-refractivity contribution >= 4 is 11.7 Å². The summed E-state index contributed by atoms with van der Waals surface area (Å²) in [5, 5.41) is 8.77. The van der Waals surface area contributed by atoms with Gasteiger partial charge in [-0.3, -0.25) is 9.79 Å². The molecule has 0 saturated carbocycles.